The number of carbonyl (C=O) groups is 2. The van der Waals surface area contributed by atoms with Gasteiger partial charge in [-0.25, -0.2) is 4.98 Å². The van der Waals surface area contributed by atoms with E-state index in [2.05, 4.69) is 11.8 Å². The maximum Gasteiger partial charge on any atom is 0.310 e. The number of ether oxygens (including phenoxy) is 2. The zero-order chi connectivity index (χ0) is 21.8. The van der Waals surface area contributed by atoms with Crippen molar-refractivity contribution in [3.63, 3.8) is 0 Å². The first-order valence-electron chi connectivity index (χ1n) is 10.1. The molecule has 6 nitrogen and oxygen atoms in total. The fourth-order valence-corrected chi connectivity index (χ4v) is 3.62. The van der Waals surface area contributed by atoms with Crippen LogP contribution in [0, 0.1) is 17.8 Å². The summed E-state index contributed by atoms with van der Waals surface area (Å²) in [6, 6.07) is 15.0. The number of rotatable bonds is 3. The Morgan fingerprint density at radius 3 is 2.61 bits per heavy atom. The summed E-state index contributed by atoms with van der Waals surface area (Å²) >= 11 is 0. The third-order valence-corrected chi connectivity index (χ3v) is 5.19. The molecule has 1 aromatic heterocycles. The molecule has 156 valence electrons. The molecule has 1 unspecified atom stereocenters. The van der Waals surface area contributed by atoms with Crippen LogP contribution in [0.3, 0.4) is 0 Å². The molecule has 0 aliphatic carbocycles. The maximum absolute atomic E-state index is 11.8. The van der Waals surface area contributed by atoms with Crippen LogP contribution < -0.4 is 4.74 Å². The van der Waals surface area contributed by atoms with Gasteiger partial charge in [0, 0.05) is 37.2 Å². The number of methoxy groups -OCH3 is 1. The molecule has 0 bridgehead atoms. The van der Waals surface area contributed by atoms with Crippen molar-refractivity contribution < 1.29 is 19.1 Å². The summed E-state index contributed by atoms with van der Waals surface area (Å²) in [4.78, 5) is 27.8. The van der Waals surface area contributed by atoms with Crippen LogP contribution in [0.25, 0.3) is 11.3 Å². The molecule has 1 aliphatic heterocycles. The van der Waals surface area contributed by atoms with Crippen LogP contribution in [0.1, 0.15) is 30.3 Å². The lowest BCUT2D eigenvalue weighted by Crippen LogP contribution is -2.27. The molecule has 2 aromatic carbocycles. The molecule has 0 radical (unpaired) electrons. The molecule has 0 amide bonds. The average Bonchev–Trinajstić information content (AvgIpc) is 3.21. The van der Waals surface area contributed by atoms with E-state index in [1.807, 2.05) is 47.2 Å². The van der Waals surface area contributed by atoms with E-state index in [1.54, 1.807) is 12.1 Å². The minimum absolute atomic E-state index is 0.118. The topological polar surface area (TPSA) is 70.4 Å². The van der Waals surface area contributed by atoms with Crippen LogP contribution in [0.15, 0.2) is 54.7 Å². The highest BCUT2D eigenvalue weighted by molar-refractivity contribution is 5.72. The van der Waals surface area contributed by atoms with Crippen LogP contribution in [-0.2, 0) is 27.3 Å². The van der Waals surface area contributed by atoms with Crippen molar-refractivity contribution in [3.05, 3.63) is 71.7 Å². The van der Waals surface area contributed by atoms with Gasteiger partial charge in [0.1, 0.15) is 11.6 Å². The molecule has 1 atom stereocenters. The van der Waals surface area contributed by atoms with E-state index < -0.39 is 0 Å². The second kappa shape index (κ2) is 8.88. The van der Waals surface area contributed by atoms with Crippen LogP contribution in [0.5, 0.6) is 5.75 Å². The van der Waals surface area contributed by atoms with E-state index in [1.165, 1.54) is 14.0 Å². The Kier molecular flexibility index (Phi) is 5.85. The monoisotopic (exact) mass is 414 g/mol. The third kappa shape index (κ3) is 4.67. The van der Waals surface area contributed by atoms with E-state index in [4.69, 9.17) is 14.5 Å². The minimum Gasteiger partial charge on any atom is -0.469 e. The van der Waals surface area contributed by atoms with Gasteiger partial charge in [-0.1, -0.05) is 36.1 Å². The van der Waals surface area contributed by atoms with Gasteiger partial charge >= 0.3 is 11.9 Å². The molecule has 0 N–H and O–H groups in total. The van der Waals surface area contributed by atoms with Crippen molar-refractivity contribution >= 4 is 11.9 Å². The molecular weight excluding hydrogens is 392 g/mol. The highest BCUT2D eigenvalue weighted by Gasteiger charge is 2.26. The van der Waals surface area contributed by atoms with Crippen LogP contribution >= 0.6 is 0 Å². The third-order valence-electron chi connectivity index (χ3n) is 5.19. The summed E-state index contributed by atoms with van der Waals surface area (Å²) in [5.41, 5.74) is 3.36. The molecule has 0 spiro atoms. The predicted octanol–water partition coefficient (Wildman–Crippen LogP) is 3.61. The van der Waals surface area contributed by atoms with Crippen LogP contribution in [0.4, 0.5) is 0 Å². The highest BCUT2D eigenvalue weighted by atomic mass is 16.5. The predicted molar refractivity (Wildman–Crippen MR) is 115 cm³/mol. The lowest BCUT2D eigenvalue weighted by atomic mass is 10.00. The van der Waals surface area contributed by atoms with E-state index in [0.29, 0.717) is 17.9 Å². The Balaban J connectivity index is 1.51. The minimum atomic E-state index is -0.376. The number of para-hydroxylation sites is 1. The summed E-state index contributed by atoms with van der Waals surface area (Å²) < 4.78 is 12.1. The Morgan fingerprint density at radius 1 is 1.10 bits per heavy atom. The number of imidazole rings is 1. The van der Waals surface area contributed by atoms with Gasteiger partial charge in [-0.2, -0.15) is 0 Å². The zero-order valence-corrected chi connectivity index (χ0v) is 17.4. The Bertz CT molecular complexity index is 1180. The molecule has 1 aliphatic rings. The summed E-state index contributed by atoms with van der Waals surface area (Å²) in [6.07, 6.45) is 3.50. The summed E-state index contributed by atoms with van der Waals surface area (Å²) in [5.74, 6) is 6.95. The number of hydrogen-bond donors (Lipinski definition) is 0. The number of aromatic nitrogens is 2. The fourth-order valence-electron chi connectivity index (χ4n) is 3.62. The van der Waals surface area contributed by atoms with E-state index in [-0.39, 0.29) is 17.9 Å². The summed E-state index contributed by atoms with van der Waals surface area (Å²) in [5, 5.41) is 0. The van der Waals surface area contributed by atoms with Crippen LogP contribution in [0.2, 0.25) is 0 Å². The van der Waals surface area contributed by atoms with Gasteiger partial charge in [0.05, 0.1) is 24.3 Å². The standard InChI is InChI=1S/C25H22N2O4/c1-17(28)31-23-6-4-3-5-20(23)12-9-18-7-10-19(11-8-18)22-16-27-15-21(25(29)30-2)13-14-24(27)26-22/h3-8,10-11,16,21H,13-15H2,1-2H3. The molecule has 31 heavy (non-hydrogen) atoms. The van der Waals surface area contributed by atoms with Gasteiger partial charge in [0.2, 0.25) is 0 Å². The van der Waals surface area contributed by atoms with Crippen molar-refractivity contribution in [1.82, 2.24) is 9.55 Å². The lowest BCUT2D eigenvalue weighted by molar-refractivity contribution is -0.146. The van der Waals surface area contributed by atoms with Gasteiger partial charge in [-0.15, -0.1) is 0 Å². The van der Waals surface area contributed by atoms with E-state index in [9.17, 15) is 9.59 Å². The Hall–Kier alpha value is -3.85. The average molecular weight is 414 g/mol. The van der Waals surface area contributed by atoms with E-state index >= 15 is 0 Å². The molecular formula is C25H22N2O4. The number of nitrogens with zero attached hydrogens (tertiary/aromatic N) is 2. The second-order valence-electron chi connectivity index (χ2n) is 7.37. The molecule has 4 rings (SSSR count). The van der Waals surface area contributed by atoms with Crippen molar-refractivity contribution in [2.75, 3.05) is 7.11 Å². The number of fused-ring (bicyclic) bond motifs is 1. The SMILES string of the molecule is COC(=O)C1CCc2nc(-c3ccc(C#Cc4ccccc4OC(C)=O)cc3)cn2C1. The van der Waals surface area contributed by atoms with Gasteiger partial charge in [0.15, 0.2) is 0 Å². The fraction of sp³-hybridized carbons (Fsp3) is 0.240. The van der Waals surface area contributed by atoms with Gasteiger partial charge in [-0.3, -0.25) is 9.59 Å². The number of carbonyl (C=O) groups excluding carboxylic acids is 2. The largest absolute Gasteiger partial charge is 0.469 e. The number of aryl methyl sites for hydroxylation is 1. The maximum atomic E-state index is 11.8. The highest BCUT2D eigenvalue weighted by Crippen LogP contribution is 2.26. The normalized spacial score (nSPS) is 14.7. The first-order valence-corrected chi connectivity index (χ1v) is 10.1. The Labute approximate surface area is 180 Å². The number of esters is 2. The second-order valence-corrected chi connectivity index (χ2v) is 7.37. The van der Waals surface area contributed by atoms with Gasteiger partial charge in [-0.05, 0) is 30.7 Å². The van der Waals surface area contributed by atoms with Gasteiger partial charge < -0.3 is 14.0 Å². The van der Waals surface area contributed by atoms with Crippen molar-refractivity contribution in [3.8, 4) is 28.8 Å². The molecule has 2 heterocycles. The zero-order valence-electron chi connectivity index (χ0n) is 17.4. The first kappa shape index (κ1) is 20.4. The van der Waals surface area contributed by atoms with E-state index in [0.717, 1.165) is 35.5 Å². The summed E-state index contributed by atoms with van der Waals surface area (Å²) in [7, 11) is 1.43. The lowest BCUT2D eigenvalue weighted by Gasteiger charge is -2.21. The van der Waals surface area contributed by atoms with Gasteiger partial charge in [0.25, 0.3) is 0 Å². The quantitative estimate of drug-likeness (QED) is 0.372. The van der Waals surface area contributed by atoms with Crippen LogP contribution in [-0.4, -0.2) is 28.6 Å². The van der Waals surface area contributed by atoms with Crippen molar-refractivity contribution in [2.24, 2.45) is 5.92 Å². The molecule has 3 aromatic rings. The number of benzene rings is 2. The smallest absolute Gasteiger partial charge is 0.310 e. The van der Waals surface area contributed by atoms with Crippen molar-refractivity contribution in [1.29, 1.82) is 0 Å². The summed E-state index contributed by atoms with van der Waals surface area (Å²) in [6.45, 7) is 1.96. The molecule has 0 fully saturated rings. The molecule has 6 heteroatoms. The van der Waals surface area contributed by atoms with Crippen molar-refractivity contribution in [2.45, 2.75) is 26.3 Å². The Morgan fingerprint density at radius 2 is 1.87 bits per heavy atom. The molecule has 0 saturated heterocycles. The first-order chi connectivity index (χ1) is 15.0. The number of hydrogen-bond acceptors (Lipinski definition) is 5. The molecule has 0 saturated carbocycles.